The van der Waals surface area contributed by atoms with Gasteiger partial charge in [-0.2, -0.15) is 0 Å². The molecule has 0 amide bonds. The second-order valence-corrected chi connectivity index (χ2v) is 7.14. The van der Waals surface area contributed by atoms with Crippen LogP contribution in [0, 0.1) is 47.8 Å². The van der Waals surface area contributed by atoms with Gasteiger partial charge in [-0.1, -0.05) is 0 Å². The monoisotopic (exact) mass is 344 g/mol. The molecule has 0 aliphatic carbocycles. The molecule has 26 heavy (non-hydrogen) atoms. The number of nitrogens with zero attached hydrogens (tertiary/aromatic N) is 4. The largest absolute Gasteiger partial charge is 0.354 e. The van der Waals surface area contributed by atoms with Crippen LogP contribution in [0.25, 0.3) is 9.69 Å². The van der Waals surface area contributed by atoms with Crippen molar-refractivity contribution in [2.75, 3.05) is 16.8 Å². The molecule has 4 nitrogen and oxygen atoms in total. The Morgan fingerprint density at radius 2 is 1.19 bits per heavy atom. The van der Waals surface area contributed by atoms with E-state index in [1.807, 2.05) is 19.2 Å². The molecule has 1 aliphatic rings. The topological polar surface area (TPSA) is 15.2 Å². The maximum absolute atomic E-state index is 7.45. The molecule has 2 aromatic carbocycles. The van der Waals surface area contributed by atoms with Crippen LogP contribution in [0.5, 0.6) is 0 Å². The quantitative estimate of drug-likeness (QED) is 0.567. The normalized spacial score (nSPS) is 15.7. The van der Waals surface area contributed by atoms with E-state index in [1.165, 1.54) is 33.5 Å². The van der Waals surface area contributed by atoms with Gasteiger partial charge >= 0.3 is 0 Å². The van der Waals surface area contributed by atoms with Crippen molar-refractivity contribution in [3.63, 3.8) is 0 Å². The molecule has 0 saturated heterocycles. The van der Waals surface area contributed by atoms with E-state index in [0.29, 0.717) is 11.4 Å². The Bertz CT molecular complexity index is 976. The maximum atomic E-state index is 7.45. The number of fused-ring (bicyclic) bond motifs is 1. The van der Waals surface area contributed by atoms with Crippen LogP contribution >= 0.6 is 0 Å². The minimum absolute atomic E-state index is 0.114. The minimum atomic E-state index is 0.114. The van der Waals surface area contributed by atoms with Gasteiger partial charge in [-0.25, -0.2) is 0 Å². The van der Waals surface area contributed by atoms with E-state index >= 15 is 0 Å². The lowest BCUT2D eigenvalue weighted by atomic mass is 9.92. The minimum Gasteiger partial charge on any atom is -0.354 e. The molecule has 0 radical (unpaired) electrons. The van der Waals surface area contributed by atoms with Crippen molar-refractivity contribution >= 4 is 28.4 Å². The third-order valence-corrected chi connectivity index (χ3v) is 6.09. The fourth-order valence-corrected chi connectivity index (χ4v) is 3.93. The first-order chi connectivity index (χ1) is 12.2. The first kappa shape index (κ1) is 17.8. The molecule has 0 unspecified atom stereocenters. The smallest absolute Gasteiger partial charge is 0.196 e. The molecule has 0 saturated carbocycles. The summed E-state index contributed by atoms with van der Waals surface area (Å²) in [5.74, 6) is 0. The Morgan fingerprint density at radius 3 is 1.65 bits per heavy atom. The highest BCUT2D eigenvalue weighted by atomic mass is 15.4. The zero-order valence-electron chi connectivity index (χ0n) is 16.5. The predicted molar refractivity (Wildman–Crippen MR) is 109 cm³/mol. The van der Waals surface area contributed by atoms with Gasteiger partial charge in [0.1, 0.15) is 6.17 Å². The number of anilines is 3. The summed E-state index contributed by atoms with van der Waals surface area (Å²) < 4.78 is 0. The van der Waals surface area contributed by atoms with Gasteiger partial charge in [0.05, 0.1) is 18.8 Å². The van der Waals surface area contributed by atoms with Crippen LogP contribution in [0.1, 0.15) is 34.7 Å². The summed E-state index contributed by atoms with van der Waals surface area (Å²) in [5.41, 5.74) is 10.6. The van der Waals surface area contributed by atoms with Gasteiger partial charge in [-0.15, -0.1) is 0 Å². The molecule has 2 aromatic rings. The summed E-state index contributed by atoms with van der Waals surface area (Å²) in [6, 6.07) is 3.73. The van der Waals surface area contributed by atoms with Crippen molar-refractivity contribution in [3.8, 4) is 0 Å². The SMILES string of the molecule is [C-]#[N+]c1cc2c(cc1[N+]#[C-])N(c1c(C)c(C)c(C)c(C)c1C)[C@@H](C)N2C. The third kappa shape index (κ3) is 2.26. The summed E-state index contributed by atoms with van der Waals surface area (Å²) in [5, 5.41) is 0. The van der Waals surface area contributed by atoms with E-state index in [9.17, 15) is 0 Å². The van der Waals surface area contributed by atoms with E-state index in [0.717, 1.165) is 11.4 Å². The third-order valence-electron chi connectivity index (χ3n) is 6.09. The molecule has 0 aromatic heterocycles. The first-order valence-electron chi connectivity index (χ1n) is 8.76. The Hall–Kier alpha value is -2.98. The Kier molecular flexibility index (Phi) is 4.17. The van der Waals surface area contributed by atoms with Crippen LogP contribution in [0.2, 0.25) is 0 Å². The Balaban J connectivity index is 2.35. The van der Waals surface area contributed by atoms with Crippen LogP contribution in [-0.2, 0) is 0 Å². The molecular weight excluding hydrogens is 320 g/mol. The maximum Gasteiger partial charge on any atom is 0.196 e. The van der Waals surface area contributed by atoms with Gasteiger partial charge < -0.3 is 9.80 Å². The molecule has 132 valence electrons. The van der Waals surface area contributed by atoms with Crippen LogP contribution in [-0.4, -0.2) is 13.2 Å². The summed E-state index contributed by atoms with van der Waals surface area (Å²) in [4.78, 5) is 11.6. The average Bonchev–Trinajstić information content (AvgIpc) is 2.88. The van der Waals surface area contributed by atoms with Crippen molar-refractivity contribution in [2.45, 2.75) is 47.7 Å². The molecule has 0 N–H and O–H groups in total. The molecule has 0 spiro atoms. The zero-order valence-corrected chi connectivity index (χ0v) is 16.5. The van der Waals surface area contributed by atoms with Gasteiger partial charge in [0.15, 0.2) is 11.4 Å². The molecule has 0 fully saturated rings. The van der Waals surface area contributed by atoms with Crippen LogP contribution < -0.4 is 9.80 Å². The zero-order chi connectivity index (χ0) is 19.3. The van der Waals surface area contributed by atoms with Crippen LogP contribution in [0.3, 0.4) is 0 Å². The summed E-state index contributed by atoms with van der Waals surface area (Å²) in [6.07, 6.45) is 0.114. The van der Waals surface area contributed by atoms with Crippen molar-refractivity contribution in [2.24, 2.45) is 0 Å². The van der Waals surface area contributed by atoms with E-state index in [1.54, 1.807) is 0 Å². The standard InChI is InChI=1S/C22H24N4/c1-12-13(2)15(4)22(16(5)14(12)3)26-17(6)25(9)20-10-18(23-7)19(24-8)11-21(20)26/h10-11,17H,1-6,9H3/t17-/m0/s1. The van der Waals surface area contributed by atoms with E-state index < -0.39 is 0 Å². The fraction of sp³-hybridized carbons (Fsp3) is 0.364. The lowest BCUT2D eigenvalue weighted by Crippen LogP contribution is -2.36. The van der Waals surface area contributed by atoms with Crippen molar-refractivity contribution in [3.05, 3.63) is 62.8 Å². The number of hydrogen-bond donors (Lipinski definition) is 0. The van der Waals surface area contributed by atoms with Crippen molar-refractivity contribution < 1.29 is 0 Å². The molecule has 4 heteroatoms. The Labute approximate surface area is 156 Å². The highest BCUT2D eigenvalue weighted by Crippen LogP contribution is 2.50. The molecule has 1 aliphatic heterocycles. The molecule has 0 bridgehead atoms. The molecular formula is C22H24N4. The lowest BCUT2D eigenvalue weighted by molar-refractivity contribution is 0.730. The second-order valence-electron chi connectivity index (χ2n) is 7.14. The predicted octanol–water partition coefficient (Wildman–Crippen LogP) is 6.26. The second kappa shape index (κ2) is 6.07. The van der Waals surface area contributed by atoms with Gasteiger partial charge in [-0.05, 0) is 81.5 Å². The number of rotatable bonds is 1. The summed E-state index contributed by atoms with van der Waals surface area (Å²) in [6.45, 7) is 27.9. The first-order valence-corrected chi connectivity index (χ1v) is 8.76. The van der Waals surface area contributed by atoms with Gasteiger partial charge in [0, 0.05) is 18.4 Å². The van der Waals surface area contributed by atoms with Crippen molar-refractivity contribution in [1.82, 2.24) is 0 Å². The molecule has 1 heterocycles. The fourth-order valence-electron chi connectivity index (χ4n) is 3.93. The van der Waals surface area contributed by atoms with Crippen LogP contribution in [0.4, 0.5) is 28.4 Å². The van der Waals surface area contributed by atoms with Gasteiger partial charge in [0.25, 0.3) is 0 Å². The number of hydrogen-bond acceptors (Lipinski definition) is 2. The van der Waals surface area contributed by atoms with E-state index in [2.05, 4.69) is 61.0 Å². The highest BCUT2D eigenvalue weighted by Gasteiger charge is 2.34. The van der Waals surface area contributed by atoms with E-state index in [-0.39, 0.29) is 6.17 Å². The molecule has 1 atom stereocenters. The number of benzene rings is 2. The van der Waals surface area contributed by atoms with Crippen molar-refractivity contribution in [1.29, 1.82) is 0 Å². The summed E-state index contributed by atoms with van der Waals surface area (Å²) in [7, 11) is 2.05. The summed E-state index contributed by atoms with van der Waals surface area (Å²) >= 11 is 0. The van der Waals surface area contributed by atoms with E-state index in [4.69, 9.17) is 13.1 Å². The average molecular weight is 344 g/mol. The lowest BCUT2D eigenvalue weighted by Gasteiger charge is -2.32. The highest BCUT2D eigenvalue weighted by molar-refractivity contribution is 5.93. The van der Waals surface area contributed by atoms with Crippen LogP contribution in [0.15, 0.2) is 12.1 Å². The Morgan fingerprint density at radius 1 is 0.769 bits per heavy atom. The van der Waals surface area contributed by atoms with Gasteiger partial charge in [-0.3, -0.25) is 9.69 Å². The molecule has 3 rings (SSSR count). The van der Waals surface area contributed by atoms with Gasteiger partial charge in [0.2, 0.25) is 0 Å².